The van der Waals surface area contributed by atoms with Crippen molar-refractivity contribution in [1.82, 2.24) is 19.3 Å². The summed E-state index contributed by atoms with van der Waals surface area (Å²) in [7, 11) is 1.65. The molecule has 2 aromatic rings. The second-order valence-electron chi connectivity index (χ2n) is 5.64. The number of aryl methyl sites for hydroxylation is 1. The van der Waals surface area contributed by atoms with Gasteiger partial charge in [-0.05, 0) is 0 Å². The van der Waals surface area contributed by atoms with Gasteiger partial charge in [-0.3, -0.25) is 4.68 Å². The van der Waals surface area contributed by atoms with Gasteiger partial charge >= 0.3 is 0 Å². The highest BCUT2D eigenvalue weighted by Crippen LogP contribution is 2.25. The number of alkyl halides is 2. The highest BCUT2D eigenvalue weighted by atomic mass is 19.3. The molecule has 0 fully saturated rings. The van der Waals surface area contributed by atoms with E-state index in [0.717, 1.165) is 5.82 Å². The summed E-state index contributed by atoms with van der Waals surface area (Å²) in [6.07, 6.45) is 2.58. The van der Waals surface area contributed by atoms with Crippen LogP contribution in [-0.2, 0) is 19.0 Å². The first-order valence-electron chi connectivity index (χ1n) is 6.11. The van der Waals surface area contributed by atoms with Gasteiger partial charge in [0.15, 0.2) is 0 Å². The molecule has 6 heteroatoms. The number of aromatic nitrogens is 4. The summed E-state index contributed by atoms with van der Waals surface area (Å²) in [5, 5.41) is 3.82. The summed E-state index contributed by atoms with van der Waals surface area (Å²) in [4.78, 5) is 4.31. The highest BCUT2D eigenvalue weighted by Gasteiger charge is 2.22. The minimum Gasteiger partial charge on any atom is -0.330 e. The van der Waals surface area contributed by atoms with Crippen molar-refractivity contribution in [2.75, 3.05) is 0 Å². The molecule has 2 rings (SSSR count). The lowest BCUT2D eigenvalue weighted by atomic mass is 9.95. The number of imidazole rings is 1. The van der Waals surface area contributed by atoms with Gasteiger partial charge in [0.1, 0.15) is 11.5 Å². The molecule has 0 bridgehead atoms. The van der Waals surface area contributed by atoms with E-state index in [9.17, 15) is 8.78 Å². The van der Waals surface area contributed by atoms with Gasteiger partial charge in [-0.2, -0.15) is 5.10 Å². The SMILES string of the molecule is Cn1cc(Cn2ccnc2C(C)(C)C)c(C(F)F)n1. The summed E-state index contributed by atoms with van der Waals surface area (Å²) in [6.45, 7) is 6.50. The molecule has 2 heterocycles. The van der Waals surface area contributed by atoms with Crippen molar-refractivity contribution >= 4 is 0 Å². The molecular weight excluding hydrogens is 250 g/mol. The van der Waals surface area contributed by atoms with Crippen molar-refractivity contribution in [2.24, 2.45) is 7.05 Å². The Labute approximate surface area is 111 Å². The monoisotopic (exact) mass is 268 g/mol. The van der Waals surface area contributed by atoms with Crippen LogP contribution in [0.4, 0.5) is 8.78 Å². The number of nitrogens with zero attached hydrogens (tertiary/aromatic N) is 4. The molecule has 0 saturated carbocycles. The van der Waals surface area contributed by atoms with Crippen LogP contribution in [0.15, 0.2) is 18.6 Å². The Hall–Kier alpha value is -1.72. The number of rotatable bonds is 3. The highest BCUT2D eigenvalue weighted by molar-refractivity contribution is 5.20. The zero-order valence-electron chi connectivity index (χ0n) is 11.6. The largest absolute Gasteiger partial charge is 0.330 e. The molecule has 0 aliphatic heterocycles. The fraction of sp³-hybridized carbons (Fsp3) is 0.538. The lowest BCUT2D eigenvalue weighted by Crippen LogP contribution is -2.19. The molecular formula is C13H18F2N4. The zero-order chi connectivity index (χ0) is 14.2. The van der Waals surface area contributed by atoms with Crippen molar-refractivity contribution < 1.29 is 8.78 Å². The average molecular weight is 268 g/mol. The number of hydrogen-bond donors (Lipinski definition) is 0. The van der Waals surface area contributed by atoms with Crippen molar-refractivity contribution in [3.05, 3.63) is 35.7 Å². The van der Waals surface area contributed by atoms with E-state index in [-0.39, 0.29) is 11.1 Å². The van der Waals surface area contributed by atoms with Crippen LogP contribution in [0.2, 0.25) is 0 Å². The molecule has 0 aromatic carbocycles. The molecule has 0 aliphatic carbocycles. The zero-order valence-corrected chi connectivity index (χ0v) is 11.6. The number of halogens is 2. The predicted molar refractivity (Wildman–Crippen MR) is 68.2 cm³/mol. The van der Waals surface area contributed by atoms with Gasteiger partial charge in [0, 0.05) is 36.6 Å². The van der Waals surface area contributed by atoms with Gasteiger partial charge in [0.05, 0.1) is 6.54 Å². The minimum atomic E-state index is -2.56. The fourth-order valence-corrected chi connectivity index (χ4v) is 2.13. The maximum absolute atomic E-state index is 12.9. The maximum atomic E-state index is 12.9. The first kappa shape index (κ1) is 13.7. The predicted octanol–water partition coefficient (Wildman–Crippen LogP) is 2.90. The van der Waals surface area contributed by atoms with Crippen molar-refractivity contribution in [1.29, 1.82) is 0 Å². The fourth-order valence-electron chi connectivity index (χ4n) is 2.13. The van der Waals surface area contributed by atoms with E-state index < -0.39 is 6.43 Å². The van der Waals surface area contributed by atoms with E-state index in [1.807, 2.05) is 31.5 Å². The number of hydrogen-bond acceptors (Lipinski definition) is 2. The molecule has 104 valence electrons. The molecule has 4 nitrogen and oxygen atoms in total. The van der Waals surface area contributed by atoms with Gasteiger partial charge in [-0.1, -0.05) is 20.8 Å². The van der Waals surface area contributed by atoms with Crippen LogP contribution in [0.1, 0.15) is 44.3 Å². The molecule has 0 radical (unpaired) electrons. The summed E-state index contributed by atoms with van der Waals surface area (Å²) in [6, 6.07) is 0. The van der Waals surface area contributed by atoms with Gasteiger partial charge in [-0.15, -0.1) is 0 Å². The lowest BCUT2D eigenvalue weighted by molar-refractivity contribution is 0.144. The van der Waals surface area contributed by atoms with Crippen LogP contribution >= 0.6 is 0 Å². The second-order valence-corrected chi connectivity index (χ2v) is 5.64. The van der Waals surface area contributed by atoms with Gasteiger partial charge in [-0.25, -0.2) is 13.8 Å². The first-order valence-corrected chi connectivity index (χ1v) is 6.11. The van der Waals surface area contributed by atoms with Gasteiger partial charge in [0.25, 0.3) is 6.43 Å². The van der Waals surface area contributed by atoms with Crippen LogP contribution in [0.25, 0.3) is 0 Å². The molecule has 0 spiro atoms. The van der Waals surface area contributed by atoms with Crippen LogP contribution in [0, 0.1) is 0 Å². The van der Waals surface area contributed by atoms with Crippen LogP contribution < -0.4 is 0 Å². The standard InChI is InChI=1S/C13H18F2N4/c1-13(2,3)12-16-5-6-19(12)8-9-7-18(4)17-10(9)11(14)15/h5-7,11H,8H2,1-4H3. The molecule has 2 aromatic heterocycles. The lowest BCUT2D eigenvalue weighted by Gasteiger charge is -2.19. The first-order chi connectivity index (χ1) is 8.79. The van der Waals surface area contributed by atoms with Crippen molar-refractivity contribution in [3.8, 4) is 0 Å². The minimum absolute atomic E-state index is 0.128. The third-order valence-corrected chi connectivity index (χ3v) is 2.87. The Bertz CT molecular complexity index is 563. The quantitative estimate of drug-likeness (QED) is 0.858. The van der Waals surface area contributed by atoms with E-state index in [2.05, 4.69) is 10.1 Å². The molecule has 0 N–H and O–H groups in total. The normalized spacial score (nSPS) is 12.4. The van der Waals surface area contributed by atoms with Gasteiger partial charge < -0.3 is 4.57 Å². The topological polar surface area (TPSA) is 35.6 Å². The smallest absolute Gasteiger partial charge is 0.282 e. The Morgan fingerprint density at radius 2 is 2.00 bits per heavy atom. The van der Waals surface area contributed by atoms with E-state index in [4.69, 9.17) is 0 Å². The molecule has 0 saturated heterocycles. The average Bonchev–Trinajstić information content (AvgIpc) is 2.84. The Morgan fingerprint density at radius 3 is 2.58 bits per heavy atom. The summed E-state index contributed by atoms with van der Waals surface area (Å²) >= 11 is 0. The maximum Gasteiger partial charge on any atom is 0.282 e. The Balaban J connectivity index is 2.35. The second kappa shape index (κ2) is 4.75. The third-order valence-electron chi connectivity index (χ3n) is 2.87. The molecule has 0 atom stereocenters. The van der Waals surface area contributed by atoms with Crippen molar-refractivity contribution in [2.45, 2.75) is 39.2 Å². The Kier molecular flexibility index (Phi) is 3.43. The van der Waals surface area contributed by atoms with E-state index in [0.29, 0.717) is 12.1 Å². The van der Waals surface area contributed by atoms with Crippen molar-refractivity contribution in [3.63, 3.8) is 0 Å². The van der Waals surface area contributed by atoms with Gasteiger partial charge in [0.2, 0.25) is 0 Å². The summed E-state index contributed by atoms with van der Waals surface area (Å²) < 4.78 is 29.1. The van der Waals surface area contributed by atoms with E-state index in [1.165, 1.54) is 4.68 Å². The summed E-state index contributed by atoms with van der Waals surface area (Å²) in [5.74, 6) is 0.872. The third kappa shape index (κ3) is 2.83. The van der Waals surface area contributed by atoms with E-state index >= 15 is 0 Å². The molecule has 0 aliphatic rings. The summed E-state index contributed by atoms with van der Waals surface area (Å²) in [5.41, 5.74) is 0.244. The Morgan fingerprint density at radius 1 is 1.32 bits per heavy atom. The molecule has 19 heavy (non-hydrogen) atoms. The van der Waals surface area contributed by atoms with E-state index in [1.54, 1.807) is 19.4 Å². The van der Waals surface area contributed by atoms with Crippen LogP contribution in [0.3, 0.4) is 0 Å². The molecule has 0 unspecified atom stereocenters. The van der Waals surface area contributed by atoms with Crippen LogP contribution in [-0.4, -0.2) is 19.3 Å². The van der Waals surface area contributed by atoms with Crippen LogP contribution in [0.5, 0.6) is 0 Å². The molecule has 0 amide bonds.